The Morgan fingerprint density at radius 2 is 2.05 bits per heavy atom. The first kappa shape index (κ1) is 17.9. The number of nitrogens with one attached hydrogen (secondary N) is 1. The molecule has 0 saturated heterocycles. The van der Waals surface area contributed by atoms with Crippen LogP contribution in [0.2, 0.25) is 0 Å². The highest BCUT2D eigenvalue weighted by Gasteiger charge is 2.17. The Kier molecular flexibility index (Phi) is 5.50. The van der Waals surface area contributed by atoms with Crippen LogP contribution in [-0.4, -0.2) is 37.2 Å². The smallest absolute Gasteiger partial charge is 0.332 e. The number of nitrogens with two attached hydrogens (primary N) is 1. The van der Waals surface area contributed by atoms with E-state index in [2.05, 4.69) is 10.3 Å². The minimum Gasteiger partial charge on any atom is -0.351 e. The van der Waals surface area contributed by atoms with Crippen molar-refractivity contribution in [1.82, 2.24) is 24.0 Å². The van der Waals surface area contributed by atoms with Gasteiger partial charge >= 0.3 is 5.69 Å². The molecule has 3 N–H and O–H groups in total. The molecule has 9 nitrogen and oxygen atoms in total. The maximum atomic E-state index is 12.4. The van der Waals surface area contributed by atoms with Crippen molar-refractivity contribution in [3.8, 4) is 0 Å². The number of hydrogen-bond donors (Lipinski definition) is 2. The number of aryl methyl sites for hydroxylation is 2. The summed E-state index contributed by atoms with van der Waals surface area (Å²) in [7, 11) is 3.16. The minimum atomic E-state index is -0.582. The summed E-state index contributed by atoms with van der Waals surface area (Å²) in [6, 6.07) is -0.225. The molecule has 0 bridgehead atoms. The summed E-state index contributed by atoms with van der Waals surface area (Å²) in [6.07, 6.45) is 1.45. The number of carbonyl (C=O) groups excluding carboxylic acids is 1. The number of nitrogens with zero attached hydrogens (tertiary/aromatic N) is 4. The summed E-state index contributed by atoms with van der Waals surface area (Å²) in [4.78, 5) is 40.4. The first-order valence-corrected chi connectivity index (χ1v) is 6.47. The SMILES string of the molecule is C[C@@H](CN)NC(=O)Cn1c(=O)c2c(ncn2C)n(C)c1=O.Cl. The minimum absolute atomic E-state index is 0. The van der Waals surface area contributed by atoms with Crippen molar-refractivity contribution < 1.29 is 4.79 Å². The van der Waals surface area contributed by atoms with Crippen LogP contribution in [0.25, 0.3) is 11.2 Å². The molecule has 2 rings (SSSR count). The van der Waals surface area contributed by atoms with Crippen molar-refractivity contribution in [3.05, 3.63) is 27.2 Å². The molecule has 0 unspecified atom stereocenters. The summed E-state index contributed by atoms with van der Waals surface area (Å²) in [5.41, 5.74) is 4.86. The zero-order valence-electron chi connectivity index (χ0n) is 12.6. The molecule has 0 fully saturated rings. The molecule has 0 aliphatic heterocycles. The third-order valence-electron chi connectivity index (χ3n) is 3.26. The predicted octanol–water partition coefficient (Wildman–Crippen LogP) is -1.68. The van der Waals surface area contributed by atoms with Crippen LogP contribution in [0, 0.1) is 0 Å². The number of rotatable bonds is 4. The highest BCUT2D eigenvalue weighted by Crippen LogP contribution is 2.02. The quantitative estimate of drug-likeness (QED) is 0.694. The highest BCUT2D eigenvalue weighted by molar-refractivity contribution is 5.85. The molecule has 22 heavy (non-hydrogen) atoms. The van der Waals surface area contributed by atoms with Crippen LogP contribution in [0.15, 0.2) is 15.9 Å². The van der Waals surface area contributed by atoms with Gasteiger partial charge in [-0.2, -0.15) is 0 Å². The Bertz CT molecular complexity index is 806. The zero-order valence-corrected chi connectivity index (χ0v) is 13.4. The lowest BCUT2D eigenvalue weighted by Gasteiger charge is -2.12. The van der Waals surface area contributed by atoms with E-state index in [4.69, 9.17) is 5.73 Å². The zero-order chi connectivity index (χ0) is 15.7. The maximum Gasteiger partial charge on any atom is 0.332 e. The standard InChI is InChI=1S/C12H18N6O3.ClH/c1-7(4-13)15-8(19)5-18-11(20)9-10(14-6-16(9)2)17(3)12(18)21;/h6-7H,4-5,13H2,1-3H3,(H,15,19);1H/t7-;/m0./s1. The topological polar surface area (TPSA) is 117 Å². The first-order chi connectivity index (χ1) is 9.86. The second-order valence-corrected chi connectivity index (χ2v) is 4.96. The highest BCUT2D eigenvalue weighted by atomic mass is 35.5. The van der Waals surface area contributed by atoms with E-state index < -0.39 is 17.2 Å². The third-order valence-corrected chi connectivity index (χ3v) is 3.26. The fourth-order valence-corrected chi connectivity index (χ4v) is 2.06. The van der Waals surface area contributed by atoms with Gasteiger partial charge in [-0.15, -0.1) is 12.4 Å². The van der Waals surface area contributed by atoms with Crippen LogP contribution in [0.4, 0.5) is 0 Å². The van der Waals surface area contributed by atoms with Crippen molar-refractivity contribution in [1.29, 1.82) is 0 Å². The predicted molar refractivity (Wildman–Crippen MR) is 84.1 cm³/mol. The lowest BCUT2D eigenvalue weighted by Crippen LogP contribution is -2.46. The molecule has 10 heteroatoms. The average molecular weight is 331 g/mol. The molecule has 0 radical (unpaired) electrons. The van der Waals surface area contributed by atoms with Gasteiger partial charge in [0.15, 0.2) is 11.2 Å². The largest absolute Gasteiger partial charge is 0.351 e. The van der Waals surface area contributed by atoms with Crippen LogP contribution < -0.4 is 22.3 Å². The monoisotopic (exact) mass is 330 g/mol. The normalized spacial score (nSPS) is 12.0. The molecule has 0 saturated carbocycles. The Labute approximate surface area is 132 Å². The van der Waals surface area contributed by atoms with E-state index in [1.165, 1.54) is 22.5 Å². The molecule has 2 aromatic heterocycles. The van der Waals surface area contributed by atoms with Crippen molar-refractivity contribution >= 4 is 29.5 Å². The van der Waals surface area contributed by atoms with E-state index in [1.807, 2.05) is 0 Å². The van der Waals surface area contributed by atoms with Crippen LogP contribution in [0.1, 0.15) is 6.92 Å². The average Bonchev–Trinajstić information content (AvgIpc) is 2.83. The second-order valence-electron chi connectivity index (χ2n) is 4.96. The molecule has 1 amide bonds. The van der Waals surface area contributed by atoms with Crippen molar-refractivity contribution in [2.75, 3.05) is 6.54 Å². The van der Waals surface area contributed by atoms with Gasteiger partial charge in [0.25, 0.3) is 5.56 Å². The van der Waals surface area contributed by atoms with Crippen LogP contribution in [-0.2, 0) is 25.4 Å². The van der Waals surface area contributed by atoms with Crippen molar-refractivity contribution in [2.24, 2.45) is 19.8 Å². The summed E-state index contributed by atoms with van der Waals surface area (Å²) in [5.74, 6) is -0.436. The lowest BCUT2D eigenvalue weighted by molar-refractivity contribution is -0.122. The van der Waals surface area contributed by atoms with E-state index in [-0.39, 0.29) is 37.1 Å². The molecular formula is C12H19ClN6O3. The summed E-state index contributed by atoms with van der Waals surface area (Å²) in [6.45, 7) is 1.67. The number of carbonyl (C=O) groups is 1. The molecule has 0 aliphatic rings. The van der Waals surface area contributed by atoms with E-state index in [0.717, 1.165) is 4.57 Å². The number of halogens is 1. The fourth-order valence-electron chi connectivity index (χ4n) is 2.06. The molecule has 2 heterocycles. The Morgan fingerprint density at radius 1 is 1.41 bits per heavy atom. The molecule has 0 aromatic carbocycles. The molecule has 0 spiro atoms. The molecule has 1 atom stereocenters. The number of imidazole rings is 1. The van der Waals surface area contributed by atoms with E-state index in [9.17, 15) is 14.4 Å². The first-order valence-electron chi connectivity index (χ1n) is 6.47. The Hall–Kier alpha value is -2.13. The van der Waals surface area contributed by atoms with Gasteiger partial charge in [-0.1, -0.05) is 0 Å². The van der Waals surface area contributed by atoms with Gasteiger partial charge in [-0.05, 0) is 6.92 Å². The maximum absolute atomic E-state index is 12.4. The van der Waals surface area contributed by atoms with E-state index in [0.29, 0.717) is 5.65 Å². The molecule has 2 aromatic rings. The molecule has 122 valence electrons. The summed E-state index contributed by atoms with van der Waals surface area (Å²) < 4.78 is 3.66. The number of fused-ring (bicyclic) bond motifs is 1. The van der Waals surface area contributed by atoms with Crippen molar-refractivity contribution in [3.63, 3.8) is 0 Å². The van der Waals surface area contributed by atoms with Gasteiger partial charge in [0.05, 0.1) is 6.33 Å². The number of hydrogen-bond acceptors (Lipinski definition) is 5. The van der Waals surface area contributed by atoms with Gasteiger partial charge in [0, 0.05) is 26.7 Å². The summed E-state index contributed by atoms with van der Waals surface area (Å²) >= 11 is 0. The van der Waals surface area contributed by atoms with E-state index in [1.54, 1.807) is 14.0 Å². The summed E-state index contributed by atoms with van der Waals surface area (Å²) in [5, 5.41) is 2.61. The van der Waals surface area contributed by atoms with E-state index >= 15 is 0 Å². The number of amides is 1. The van der Waals surface area contributed by atoms with Crippen molar-refractivity contribution in [2.45, 2.75) is 19.5 Å². The lowest BCUT2D eigenvalue weighted by atomic mass is 10.3. The van der Waals surface area contributed by atoms with Gasteiger partial charge in [-0.3, -0.25) is 14.2 Å². The van der Waals surface area contributed by atoms with Crippen LogP contribution in [0.3, 0.4) is 0 Å². The third kappa shape index (κ3) is 3.04. The van der Waals surface area contributed by atoms with Gasteiger partial charge in [-0.25, -0.2) is 14.3 Å². The molecule has 0 aliphatic carbocycles. The van der Waals surface area contributed by atoms with Gasteiger partial charge in [0.2, 0.25) is 5.91 Å². The van der Waals surface area contributed by atoms with Crippen LogP contribution >= 0.6 is 12.4 Å². The second kappa shape index (κ2) is 6.75. The van der Waals surface area contributed by atoms with Gasteiger partial charge < -0.3 is 15.6 Å². The van der Waals surface area contributed by atoms with Gasteiger partial charge in [0.1, 0.15) is 6.54 Å². The number of aromatic nitrogens is 4. The molecular weight excluding hydrogens is 312 g/mol. The fraction of sp³-hybridized carbons (Fsp3) is 0.500. The Balaban J connectivity index is 0.00000242. The Morgan fingerprint density at radius 3 is 2.64 bits per heavy atom. The van der Waals surface area contributed by atoms with Crippen LogP contribution in [0.5, 0.6) is 0 Å².